The molecule has 0 aliphatic carbocycles. The van der Waals surface area contributed by atoms with E-state index in [0.29, 0.717) is 11.3 Å². The molecule has 1 aliphatic rings. The third-order valence-corrected chi connectivity index (χ3v) is 2.06. The summed E-state index contributed by atoms with van der Waals surface area (Å²) in [5.41, 5.74) is 0.696. The number of hydroxylamine groups is 2. The topological polar surface area (TPSA) is 49.9 Å². The summed E-state index contributed by atoms with van der Waals surface area (Å²) < 4.78 is 0. The first kappa shape index (κ1) is 11.2. The van der Waals surface area contributed by atoms with Gasteiger partial charge in [-0.15, -0.1) is 0 Å². The zero-order valence-electron chi connectivity index (χ0n) is 8.85. The lowest BCUT2D eigenvalue weighted by Crippen LogP contribution is -2.28. The standard InChI is InChI=1S/C10H12N2O3/c1-11-5-4-8(6-9(11)7-13)10(14)12(2)15-3/h4-6H,1-3H3. The molecule has 0 aromatic rings. The Morgan fingerprint density at radius 3 is 2.80 bits per heavy atom. The largest absolute Gasteiger partial charge is 0.342 e. The van der Waals surface area contributed by atoms with Gasteiger partial charge in [0.05, 0.1) is 7.11 Å². The first-order valence-corrected chi connectivity index (χ1v) is 4.30. The number of allylic oxidation sites excluding steroid dienone is 1. The Hall–Kier alpha value is -1.84. The van der Waals surface area contributed by atoms with Crippen molar-refractivity contribution in [1.82, 2.24) is 9.96 Å². The summed E-state index contributed by atoms with van der Waals surface area (Å²) >= 11 is 0. The summed E-state index contributed by atoms with van der Waals surface area (Å²) in [6.07, 6.45) is 4.69. The van der Waals surface area contributed by atoms with Gasteiger partial charge in [0.2, 0.25) is 0 Å². The van der Waals surface area contributed by atoms with Gasteiger partial charge in [0.25, 0.3) is 5.91 Å². The Morgan fingerprint density at radius 1 is 1.60 bits per heavy atom. The quantitative estimate of drug-likeness (QED) is 0.477. The maximum Gasteiger partial charge on any atom is 0.277 e. The van der Waals surface area contributed by atoms with Gasteiger partial charge < -0.3 is 4.90 Å². The number of carbonyl (C=O) groups is 1. The molecule has 0 N–H and O–H groups in total. The van der Waals surface area contributed by atoms with Gasteiger partial charge in [0.1, 0.15) is 5.70 Å². The van der Waals surface area contributed by atoms with E-state index < -0.39 is 0 Å². The van der Waals surface area contributed by atoms with Crippen LogP contribution in [-0.2, 0) is 14.4 Å². The average molecular weight is 208 g/mol. The molecule has 5 heteroatoms. The summed E-state index contributed by atoms with van der Waals surface area (Å²) in [5.74, 6) is 1.44. The van der Waals surface area contributed by atoms with Crippen molar-refractivity contribution in [3.63, 3.8) is 0 Å². The molecule has 1 aliphatic heterocycles. The maximum absolute atomic E-state index is 11.6. The number of amides is 1. The van der Waals surface area contributed by atoms with Crippen LogP contribution < -0.4 is 0 Å². The fourth-order valence-electron chi connectivity index (χ4n) is 1.07. The first-order valence-electron chi connectivity index (χ1n) is 4.30. The zero-order valence-corrected chi connectivity index (χ0v) is 8.85. The monoisotopic (exact) mass is 208 g/mol. The Morgan fingerprint density at radius 2 is 2.27 bits per heavy atom. The van der Waals surface area contributed by atoms with Gasteiger partial charge in [-0.2, -0.15) is 0 Å². The van der Waals surface area contributed by atoms with Crippen LogP contribution in [0.15, 0.2) is 29.6 Å². The number of carbonyl (C=O) groups excluding carboxylic acids is 2. The van der Waals surface area contributed by atoms with Gasteiger partial charge in [-0.1, -0.05) is 0 Å². The molecule has 0 atom stereocenters. The van der Waals surface area contributed by atoms with E-state index in [9.17, 15) is 9.59 Å². The maximum atomic E-state index is 11.6. The van der Waals surface area contributed by atoms with E-state index in [1.54, 1.807) is 30.2 Å². The van der Waals surface area contributed by atoms with Crippen molar-refractivity contribution in [3.8, 4) is 0 Å². The van der Waals surface area contributed by atoms with Crippen molar-refractivity contribution < 1.29 is 14.4 Å². The molecule has 0 saturated carbocycles. The molecule has 1 rings (SSSR count). The second-order valence-electron chi connectivity index (χ2n) is 3.00. The molecule has 0 unspecified atom stereocenters. The predicted molar refractivity (Wildman–Crippen MR) is 54.0 cm³/mol. The van der Waals surface area contributed by atoms with Crippen molar-refractivity contribution in [1.29, 1.82) is 0 Å². The van der Waals surface area contributed by atoms with Crippen molar-refractivity contribution >= 4 is 11.8 Å². The van der Waals surface area contributed by atoms with Crippen LogP contribution in [0.2, 0.25) is 0 Å². The summed E-state index contributed by atoms with van der Waals surface area (Å²) in [5, 5.41) is 1.09. The van der Waals surface area contributed by atoms with Crippen LogP contribution in [0.3, 0.4) is 0 Å². The van der Waals surface area contributed by atoms with Crippen LogP contribution in [0.4, 0.5) is 0 Å². The lowest BCUT2D eigenvalue weighted by molar-refractivity contribution is -0.163. The number of hydrogen-bond donors (Lipinski definition) is 0. The fourth-order valence-corrected chi connectivity index (χ4v) is 1.07. The van der Waals surface area contributed by atoms with Crippen molar-refractivity contribution in [2.45, 2.75) is 0 Å². The summed E-state index contributed by atoms with van der Waals surface area (Å²) in [6, 6.07) is 0. The molecule has 1 amide bonds. The summed E-state index contributed by atoms with van der Waals surface area (Å²) in [4.78, 5) is 28.5. The minimum atomic E-state index is -0.311. The third-order valence-electron chi connectivity index (χ3n) is 2.06. The minimum Gasteiger partial charge on any atom is -0.342 e. The highest BCUT2D eigenvalue weighted by atomic mass is 16.7. The molecule has 0 bridgehead atoms. The van der Waals surface area contributed by atoms with E-state index in [1.807, 2.05) is 0 Å². The number of hydrogen-bond acceptors (Lipinski definition) is 4. The molecule has 0 radical (unpaired) electrons. The lowest BCUT2D eigenvalue weighted by atomic mass is 10.1. The predicted octanol–water partition coefficient (Wildman–Crippen LogP) is 0.107. The molecule has 0 aromatic carbocycles. The van der Waals surface area contributed by atoms with Gasteiger partial charge in [0, 0.05) is 25.9 Å². The molecule has 0 saturated heterocycles. The number of likely N-dealkylation sites (N-methyl/N-ethyl adjacent to an activating group) is 2. The van der Waals surface area contributed by atoms with Crippen LogP contribution in [0.1, 0.15) is 0 Å². The Kier molecular flexibility index (Phi) is 3.44. The summed E-state index contributed by atoms with van der Waals surface area (Å²) in [6.45, 7) is 0. The highest BCUT2D eigenvalue weighted by molar-refractivity contribution is 5.96. The first-order chi connectivity index (χ1) is 7.10. The van der Waals surface area contributed by atoms with Crippen molar-refractivity contribution in [3.05, 3.63) is 29.6 Å². The highest BCUT2D eigenvalue weighted by Crippen LogP contribution is 2.14. The van der Waals surface area contributed by atoms with Crippen LogP contribution >= 0.6 is 0 Å². The molecular formula is C10H12N2O3. The van der Waals surface area contributed by atoms with Gasteiger partial charge >= 0.3 is 0 Å². The van der Waals surface area contributed by atoms with E-state index in [0.717, 1.165) is 5.06 Å². The molecular weight excluding hydrogens is 196 g/mol. The second kappa shape index (κ2) is 4.59. The van der Waals surface area contributed by atoms with Crippen molar-refractivity contribution in [2.75, 3.05) is 21.2 Å². The Labute approximate surface area is 87.9 Å². The average Bonchev–Trinajstić information content (AvgIpc) is 2.27. The fraction of sp³-hybridized carbons (Fsp3) is 0.300. The van der Waals surface area contributed by atoms with E-state index in [4.69, 9.17) is 4.84 Å². The Bertz CT molecular complexity index is 378. The normalized spacial score (nSPS) is 14.7. The molecule has 0 fully saturated rings. The van der Waals surface area contributed by atoms with Crippen LogP contribution in [-0.4, -0.2) is 43.0 Å². The van der Waals surface area contributed by atoms with Crippen LogP contribution in [0.5, 0.6) is 0 Å². The number of rotatable bonds is 2. The van der Waals surface area contributed by atoms with Gasteiger partial charge in [-0.3, -0.25) is 9.63 Å². The minimum absolute atomic E-state index is 0.311. The third kappa shape index (κ3) is 2.34. The Balaban J connectivity index is 2.94. The SMILES string of the molecule is CON(C)C(=O)C1=CC(=C=O)N(C)C=C1. The van der Waals surface area contributed by atoms with Crippen LogP contribution in [0.25, 0.3) is 0 Å². The molecule has 0 spiro atoms. The van der Waals surface area contributed by atoms with E-state index in [-0.39, 0.29) is 5.91 Å². The van der Waals surface area contributed by atoms with Crippen molar-refractivity contribution in [2.24, 2.45) is 0 Å². The van der Waals surface area contributed by atoms with E-state index >= 15 is 0 Å². The second-order valence-corrected chi connectivity index (χ2v) is 3.00. The van der Waals surface area contributed by atoms with Crippen LogP contribution in [0, 0.1) is 0 Å². The highest BCUT2D eigenvalue weighted by Gasteiger charge is 2.16. The number of nitrogens with zero attached hydrogens (tertiary/aromatic N) is 2. The van der Waals surface area contributed by atoms with Gasteiger partial charge in [-0.25, -0.2) is 9.86 Å². The summed E-state index contributed by atoms with van der Waals surface area (Å²) in [7, 11) is 4.60. The molecule has 0 aromatic heterocycles. The van der Waals surface area contributed by atoms with E-state index in [1.165, 1.54) is 20.2 Å². The van der Waals surface area contributed by atoms with Gasteiger partial charge in [0.15, 0.2) is 5.94 Å². The van der Waals surface area contributed by atoms with E-state index in [2.05, 4.69) is 0 Å². The molecule has 5 nitrogen and oxygen atoms in total. The van der Waals surface area contributed by atoms with Gasteiger partial charge in [-0.05, 0) is 12.2 Å². The zero-order chi connectivity index (χ0) is 11.4. The molecule has 1 heterocycles. The smallest absolute Gasteiger partial charge is 0.277 e. The lowest BCUT2D eigenvalue weighted by Gasteiger charge is -2.20. The molecule has 15 heavy (non-hydrogen) atoms. The molecule has 80 valence electrons.